The van der Waals surface area contributed by atoms with Crippen LogP contribution >= 0.6 is 11.3 Å². The Morgan fingerprint density at radius 3 is 2.35 bits per heavy atom. The van der Waals surface area contributed by atoms with Crippen molar-refractivity contribution in [2.45, 2.75) is 4.90 Å². The number of methoxy groups -OCH3 is 2. The van der Waals surface area contributed by atoms with Crippen molar-refractivity contribution in [2.75, 3.05) is 32.6 Å². The van der Waals surface area contributed by atoms with Gasteiger partial charge in [0.15, 0.2) is 5.13 Å². The number of hydrogen-bond donors (Lipinski definition) is 1. The van der Waals surface area contributed by atoms with Gasteiger partial charge in [-0.2, -0.15) is 4.31 Å². The SMILES string of the molecule is C=CCN(CC=C)S(=O)(=O)c1ccc(C(=O)Nc2nc(-c3ccc(OC)cc3OC)cs2)cc1. The summed E-state index contributed by atoms with van der Waals surface area (Å²) in [6, 6.07) is 11.1. The molecule has 0 saturated heterocycles. The number of hydrogen-bond acceptors (Lipinski definition) is 7. The number of anilines is 1. The summed E-state index contributed by atoms with van der Waals surface area (Å²) in [7, 11) is -0.602. The topological polar surface area (TPSA) is 97.8 Å². The molecule has 2 aromatic carbocycles. The summed E-state index contributed by atoms with van der Waals surface area (Å²) in [5.41, 5.74) is 1.71. The number of aromatic nitrogens is 1. The Kier molecular flexibility index (Phi) is 8.21. The van der Waals surface area contributed by atoms with E-state index in [1.54, 1.807) is 26.4 Å². The number of sulfonamides is 1. The normalized spacial score (nSPS) is 11.1. The van der Waals surface area contributed by atoms with E-state index in [4.69, 9.17) is 9.47 Å². The first-order chi connectivity index (χ1) is 16.3. The van der Waals surface area contributed by atoms with Gasteiger partial charge in [0, 0.05) is 35.7 Å². The van der Waals surface area contributed by atoms with Crippen molar-refractivity contribution in [2.24, 2.45) is 0 Å². The maximum atomic E-state index is 12.8. The first-order valence-corrected chi connectivity index (χ1v) is 12.5. The van der Waals surface area contributed by atoms with Crippen LogP contribution in [0.5, 0.6) is 11.5 Å². The minimum atomic E-state index is -3.74. The minimum Gasteiger partial charge on any atom is -0.497 e. The predicted molar refractivity (Wildman–Crippen MR) is 134 cm³/mol. The Morgan fingerprint density at radius 2 is 1.76 bits per heavy atom. The van der Waals surface area contributed by atoms with Gasteiger partial charge in [0.25, 0.3) is 5.91 Å². The van der Waals surface area contributed by atoms with Crippen molar-refractivity contribution in [3.8, 4) is 22.8 Å². The summed E-state index contributed by atoms with van der Waals surface area (Å²) < 4.78 is 37.5. The third-order valence-corrected chi connectivity index (χ3v) is 7.43. The van der Waals surface area contributed by atoms with Crippen LogP contribution in [0.4, 0.5) is 5.13 Å². The molecule has 1 N–H and O–H groups in total. The molecule has 34 heavy (non-hydrogen) atoms. The molecule has 0 bridgehead atoms. The van der Waals surface area contributed by atoms with E-state index >= 15 is 0 Å². The molecular weight excluding hydrogens is 474 g/mol. The van der Waals surface area contributed by atoms with Gasteiger partial charge in [-0.3, -0.25) is 10.1 Å². The molecule has 3 aromatic rings. The van der Waals surface area contributed by atoms with Crippen LogP contribution in [0.25, 0.3) is 11.3 Å². The monoisotopic (exact) mass is 499 g/mol. The molecule has 0 radical (unpaired) electrons. The fourth-order valence-electron chi connectivity index (χ4n) is 3.12. The highest BCUT2D eigenvalue weighted by molar-refractivity contribution is 7.89. The van der Waals surface area contributed by atoms with Crippen molar-refractivity contribution < 1.29 is 22.7 Å². The minimum absolute atomic E-state index is 0.0795. The molecule has 8 nitrogen and oxygen atoms in total. The zero-order valence-corrected chi connectivity index (χ0v) is 20.5. The molecule has 0 spiro atoms. The molecule has 0 aliphatic carbocycles. The summed E-state index contributed by atoms with van der Waals surface area (Å²) in [6.07, 6.45) is 3.01. The van der Waals surface area contributed by atoms with Gasteiger partial charge in [0.2, 0.25) is 10.0 Å². The molecule has 0 fully saturated rings. The number of nitrogens with one attached hydrogen (secondary N) is 1. The second-order valence-corrected chi connectivity index (χ2v) is 9.78. The summed E-state index contributed by atoms with van der Waals surface area (Å²) in [6.45, 7) is 7.50. The number of thiazole rings is 1. The standard InChI is InChI=1S/C24H25N3O5S2/c1-5-13-27(14-6-2)34(29,30)19-10-7-17(8-11-19)23(28)26-24-25-21(16-33-24)20-12-9-18(31-3)15-22(20)32-4/h5-12,15-16H,1-2,13-14H2,3-4H3,(H,25,26,28). The van der Waals surface area contributed by atoms with Crippen molar-refractivity contribution in [1.82, 2.24) is 9.29 Å². The van der Waals surface area contributed by atoms with Crippen LogP contribution in [0.2, 0.25) is 0 Å². The maximum Gasteiger partial charge on any atom is 0.257 e. The average molecular weight is 500 g/mol. The Labute approximate surface area is 203 Å². The quantitative estimate of drug-likeness (QED) is 0.392. The van der Waals surface area contributed by atoms with E-state index in [-0.39, 0.29) is 18.0 Å². The molecule has 0 atom stereocenters. The van der Waals surface area contributed by atoms with E-state index in [1.165, 1.54) is 52.1 Å². The van der Waals surface area contributed by atoms with Crippen LogP contribution in [-0.4, -0.2) is 50.9 Å². The summed E-state index contributed by atoms with van der Waals surface area (Å²) in [4.78, 5) is 17.2. The summed E-state index contributed by atoms with van der Waals surface area (Å²) in [5.74, 6) is 0.855. The first kappa shape index (κ1) is 25.2. The van der Waals surface area contributed by atoms with Gasteiger partial charge in [0.1, 0.15) is 11.5 Å². The van der Waals surface area contributed by atoms with Crippen molar-refractivity contribution in [1.29, 1.82) is 0 Å². The van der Waals surface area contributed by atoms with Gasteiger partial charge in [-0.05, 0) is 36.4 Å². The zero-order chi connectivity index (χ0) is 24.7. The van der Waals surface area contributed by atoms with E-state index < -0.39 is 15.9 Å². The number of nitrogens with zero attached hydrogens (tertiary/aromatic N) is 2. The highest BCUT2D eigenvalue weighted by Crippen LogP contribution is 2.35. The van der Waals surface area contributed by atoms with Crippen molar-refractivity contribution >= 4 is 32.4 Å². The fourth-order valence-corrected chi connectivity index (χ4v) is 5.21. The molecule has 10 heteroatoms. The molecule has 0 aliphatic heterocycles. The summed E-state index contributed by atoms with van der Waals surface area (Å²) in [5, 5.41) is 4.96. The number of rotatable bonds is 11. The van der Waals surface area contributed by atoms with E-state index in [0.717, 1.165) is 5.56 Å². The lowest BCUT2D eigenvalue weighted by Crippen LogP contribution is -2.31. The molecule has 0 unspecified atom stereocenters. The van der Waals surface area contributed by atoms with Crippen LogP contribution in [0.3, 0.4) is 0 Å². The smallest absolute Gasteiger partial charge is 0.257 e. The Balaban J connectivity index is 1.76. The van der Waals surface area contributed by atoms with Gasteiger partial charge in [0.05, 0.1) is 24.8 Å². The number of carbonyl (C=O) groups excluding carboxylic acids is 1. The van der Waals surface area contributed by atoms with Crippen molar-refractivity contribution in [3.63, 3.8) is 0 Å². The van der Waals surface area contributed by atoms with Crippen LogP contribution in [0.15, 0.2) is 78.1 Å². The molecule has 1 heterocycles. The van der Waals surface area contributed by atoms with E-state index in [2.05, 4.69) is 23.5 Å². The van der Waals surface area contributed by atoms with Gasteiger partial charge >= 0.3 is 0 Å². The van der Waals surface area contributed by atoms with Crippen molar-refractivity contribution in [3.05, 3.63) is 78.7 Å². The van der Waals surface area contributed by atoms with Gasteiger partial charge in [-0.15, -0.1) is 24.5 Å². The van der Waals surface area contributed by atoms with Gasteiger partial charge in [-0.1, -0.05) is 12.2 Å². The Bertz CT molecular complexity index is 1270. The van der Waals surface area contributed by atoms with E-state index in [9.17, 15) is 13.2 Å². The zero-order valence-electron chi connectivity index (χ0n) is 18.9. The third kappa shape index (κ3) is 5.53. The lowest BCUT2D eigenvalue weighted by atomic mass is 10.1. The lowest BCUT2D eigenvalue weighted by molar-refractivity contribution is 0.102. The van der Waals surface area contributed by atoms with Gasteiger partial charge < -0.3 is 9.47 Å². The number of carbonyl (C=O) groups is 1. The van der Waals surface area contributed by atoms with E-state index in [1.807, 2.05) is 11.4 Å². The third-order valence-electron chi connectivity index (χ3n) is 4.83. The molecule has 1 aromatic heterocycles. The Morgan fingerprint density at radius 1 is 1.09 bits per heavy atom. The second-order valence-electron chi connectivity index (χ2n) is 6.98. The lowest BCUT2D eigenvalue weighted by Gasteiger charge is -2.19. The largest absolute Gasteiger partial charge is 0.497 e. The molecule has 178 valence electrons. The van der Waals surface area contributed by atoms with Crippen LogP contribution in [0, 0.1) is 0 Å². The number of benzene rings is 2. The highest BCUT2D eigenvalue weighted by Gasteiger charge is 2.23. The predicted octanol–water partition coefficient (Wildman–Crippen LogP) is 4.44. The summed E-state index contributed by atoms with van der Waals surface area (Å²) >= 11 is 1.27. The number of amides is 1. The maximum absolute atomic E-state index is 12.8. The first-order valence-electron chi connectivity index (χ1n) is 10.1. The van der Waals surface area contributed by atoms with Crippen LogP contribution in [0.1, 0.15) is 10.4 Å². The highest BCUT2D eigenvalue weighted by atomic mass is 32.2. The van der Waals surface area contributed by atoms with E-state index in [0.29, 0.717) is 27.9 Å². The van der Waals surface area contributed by atoms with Crippen LogP contribution in [-0.2, 0) is 10.0 Å². The second kappa shape index (κ2) is 11.1. The van der Waals surface area contributed by atoms with Gasteiger partial charge in [-0.25, -0.2) is 13.4 Å². The molecule has 1 amide bonds. The Hall–Kier alpha value is -3.47. The molecule has 0 saturated carbocycles. The molecule has 3 rings (SSSR count). The molecular formula is C24H25N3O5S2. The molecule has 0 aliphatic rings. The average Bonchev–Trinajstić information content (AvgIpc) is 3.31. The van der Waals surface area contributed by atoms with Crippen LogP contribution < -0.4 is 14.8 Å². The number of ether oxygens (including phenoxy) is 2. The fraction of sp³-hybridized carbons (Fsp3) is 0.167.